The molecule has 1 fully saturated rings. The smallest absolute Gasteiger partial charge is 0.0595 e. The van der Waals surface area contributed by atoms with Crippen molar-refractivity contribution >= 4 is 23.2 Å². The molecule has 1 aliphatic rings. The molecule has 0 radical (unpaired) electrons. The molecule has 1 aromatic carbocycles. The molecule has 2 rings (SSSR count). The van der Waals surface area contributed by atoms with E-state index in [1.54, 1.807) is 0 Å². The molecule has 0 heterocycles. The summed E-state index contributed by atoms with van der Waals surface area (Å²) in [6, 6.07) is 6.99. The first-order valence-corrected chi connectivity index (χ1v) is 6.81. The predicted octanol–water partition coefficient (Wildman–Crippen LogP) is 3.22. The summed E-state index contributed by atoms with van der Waals surface area (Å²) in [6.07, 6.45) is 2.67. The van der Waals surface area contributed by atoms with E-state index in [1.807, 2.05) is 18.2 Å². The van der Waals surface area contributed by atoms with Crippen molar-refractivity contribution in [3.63, 3.8) is 0 Å². The van der Waals surface area contributed by atoms with Gasteiger partial charge in [-0.3, -0.25) is 0 Å². The molecule has 0 amide bonds. The summed E-state index contributed by atoms with van der Waals surface area (Å²) < 4.78 is 0. The van der Waals surface area contributed by atoms with Gasteiger partial charge in [0.15, 0.2) is 0 Å². The van der Waals surface area contributed by atoms with Crippen LogP contribution in [0.2, 0.25) is 10.0 Å². The lowest BCUT2D eigenvalue weighted by atomic mass is 10.2. The van der Waals surface area contributed by atoms with E-state index in [-0.39, 0.29) is 0 Å². The van der Waals surface area contributed by atoms with Gasteiger partial charge in [0.1, 0.15) is 0 Å². The number of rotatable bonds is 6. The van der Waals surface area contributed by atoms with Crippen molar-refractivity contribution in [2.45, 2.75) is 38.4 Å². The zero-order valence-electron chi connectivity index (χ0n) is 9.97. The third-order valence-corrected chi connectivity index (χ3v) is 3.67. The van der Waals surface area contributed by atoms with Gasteiger partial charge in [-0.05, 0) is 37.5 Å². The van der Waals surface area contributed by atoms with Gasteiger partial charge in [0.05, 0.1) is 10.0 Å². The van der Waals surface area contributed by atoms with E-state index in [0.29, 0.717) is 16.1 Å². The Morgan fingerprint density at radius 1 is 1.29 bits per heavy atom. The maximum Gasteiger partial charge on any atom is 0.0595 e. The lowest BCUT2D eigenvalue weighted by molar-refractivity contribution is 0.500. The Morgan fingerprint density at radius 2 is 2.06 bits per heavy atom. The molecular weight excluding hydrogens is 255 g/mol. The van der Waals surface area contributed by atoms with Crippen LogP contribution in [0.3, 0.4) is 0 Å². The minimum atomic E-state index is 0.463. The second kappa shape index (κ2) is 6.05. The summed E-state index contributed by atoms with van der Waals surface area (Å²) in [5, 5.41) is 8.20. The standard InChI is InChI=1S/C13H18Cl2N2/c1-9(7-17-11-3-4-11)16-8-10-2-5-12(14)13(15)6-10/h2,5-6,9,11,16-17H,3-4,7-8H2,1H3. The van der Waals surface area contributed by atoms with Crippen LogP contribution in [0.25, 0.3) is 0 Å². The molecule has 0 spiro atoms. The number of nitrogens with one attached hydrogen (secondary N) is 2. The van der Waals surface area contributed by atoms with Gasteiger partial charge in [0.2, 0.25) is 0 Å². The van der Waals surface area contributed by atoms with Crippen LogP contribution < -0.4 is 10.6 Å². The number of hydrogen-bond donors (Lipinski definition) is 2. The van der Waals surface area contributed by atoms with Gasteiger partial charge in [-0.15, -0.1) is 0 Å². The summed E-state index contributed by atoms with van der Waals surface area (Å²) in [6.45, 7) is 4.03. The van der Waals surface area contributed by atoms with Crippen molar-refractivity contribution in [2.75, 3.05) is 6.54 Å². The molecule has 0 aliphatic heterocycles. The average molecular weight is 273 g/mol. The van der Waals surface area contributed by atoms with Crippen molar-refractivity contribution in [2.24, 2.45) is 0 Å². The van der Waals surface area contributed by atoms with E-state index >= 15 is 0 Å². The normalized spacial score (nSPS) is 17.1. The second-order valence-corrected chi connectivity index (χ2v) is 5.53. The SMILES string of the molecule is CC(CNC1CC1)NCc1ccc(Cl)c(Cl)c1. The minimum absolute atomic E-state index is 0.463. The van der Waals surface area contributed by atoms with Crippen LogP contribution in [-0.4, -0.2) is 18.6 Å². The van der Waals surface area contributed by atoms with E-state index in [2.05, 4.69) is 17.6 Å². The second-order valence-electron chi connectivity index (χ2n) is 4.71. The molecule has 1 saturated carbocycles. The van der Waals surface area contributed by atoms with Crippen molar-refractivity contribution < 1.29 is 0 Å². The third kappa shape index (κ3) is 4.47. The van der Waals surface area contributed by atoms with E-state index < -0.39 is 0 Å². The fraction of sp³-hybridized carbons (Fsp3) is 0.538. The van der Waals surface area contributed by atoms with Gasteiger partial charge in [-0.1, -0.05) is 29.3 Å². The Bertz CT molecular complexity index is 378. The molecule has 1 aliphatic carbocycles. The minimum Gasteiger partial charge on any atom is -0.312 e. The Morgan fingerprint density at radius 3 is 2.71 bits per heavy atom. The zero-order chi connectivity index (χ0) is 12.3. The quantitative estimate of drug-likeness (QED) is 0.831. The first-order chi connectivity index (χ1) is 8.15. The average Bonchev–Trinajstić information content (AvgIpc) is 3.12. The number of benzene rings is 1. The Labute approximate surface area is 113 Å². The maximum atomic E-state index is 5.97. The molecule has 17 heavy (non-hydrogen) atoms. The third-order valence-electron chi connectivity index (χ3n) is 2.93. The molecule has 4 heteroatoms. The van der Waals surface area contributed by atoms with Gasteiger partial charge in [-0.25, -0.2) is 0 Å². The van der Waals surface area contributed by atoms with Crippen LogP contribution in [0.5, 0.6) is 0 Å². The molecule has 0 aromatic heterocycles. The summed E-state index contributed by atoms with van der Waals surface area (Å²) in [7, 11) is 0. The molecule has 0 saturated heterocycles. The number of halogens is 2. The van der Waals surface area contributed by atoms with Gasteiger partial charge >= 0.3 is 0 Å². The lowest BCUT2D eigenvalue weighted by Gasteiger charge is -2.14. The van der Waals surface area contributed by atoms with E-state index in [9.17, 15) is 0 Å². The summed E-state index contributed by atoms with van der Waals surface area (Å²) in [5.74, 6) is 0. The zero-order valence-corrected chi connectivity index (χ0v) is 11.5. The molecule has 0 bridgehead atoms. The molecule has 1 atom stereocenters. The van der Waals surface area contributed by atoms with Crippen molar-refractivity contribution in [3.8, 4) is 0 Å². The van der Waals surface area contributed by atoms with E-state index in [1.165, 1.54) is 12.8 Å². The van der Waals surface area contributed by atoms with Crippen LogP contribution in [0, 0.1) is 0 Å². The highest BCUT2D eigenvalue weighted by atomic mass is 35.5. The van der Waals surface area contributed by atoms with Crippen molar-refractivity contribution in [1.29, 1.82) is 0 Å². The Hall–Kier alpha value is -0.280. The van der Waals surface area contributed by atoms with Crippen molar-refractivity contribution in [3.05, 3.63) is 33.8 Å². The maximum absolute atomic E-state index is 5.97. The van der Waals surface area contributed by atoms with Crippen LogP contribution in [0.15, 0.2) is 18.2 Å². The summed E-state index contributed by atoms with van der Waals surface area (Å²) in [4.78, 5) is 0. The van der Waals surface area contributed by atoms with Crippen molar-refractivity contribution in [1.82, 2.24) is 10.6 Å². The summed E-state index contributed by atoms with van der Waals surface area (Å²) in [5.41, 5.74) is 1.16. The van der Waals surface area contributed by atoms with Gasteiger partial charge < -0.3 is 10.6 Å². The fourth-order valence-electron chi connectivity index (χ4n) is 1.64. The van der Waals surface area contributed by atoms with Crippen LogP contribution in [0.4, 0.5) is 0 Å². The monoisotopic (exact) mass is 272 g/mol. The highest BCUT2D eigenvalue weighted by Crippen LogP contribution is 2.22. The number of hydrogen-bond acceptors (Lipinski definition) is 2. The largest absolute Gasteiger partial charge is 0.312 e. The molecule has 2 N–H and O–H groups in total. The van der Waals surface area contributed by atoms with Crippen LogP contribution in [-0.2, 0) is 6.54 Å². The van der Waals surface area contributed by atoms with Gasteiger partial charge in [0, 0.05) is 25.2 Å². The van der Waals surface area contributed by atoms with Crippen LogP contribution in [0.1, 0.15) is 25.3 Å². The topological polar surface area (TPSA) is 24.1 Å². The highest BCUT2D eigenvalue weighted by Gasteiger charge is 2.20. The first kappa shape index (κ1) is 13.2. The molecule has 94 valence electrons. The van der Waals surface area contributed by atoms with Gasteiger partial charge in [-0.2, -0.15) is 0 Å². The lowest BCUT2D eigenvalue weighted by Crippen LogP contribution is -2.36. The fourth-order valence-corrected chi connectivity index (χ4v) is 1.97. The Balaban J connectivity index is 1.73. The Kier molecular flexibility index (Phi) is 4.69. The van der Waals surface area contributed by atoms with Gasteiger partial charge in [0.25, 0.3) is 0 Å². The predicted molar refractivity (Wildman–Crippen MR) is 73.8 cm³/mol. The molecule has 1 aromatic rings. The molecule has 1 unspecified atom stereocenters. The van der Waals surface area contributed by atoms with E-state index in [4.69, 9.17) is 23.2 Å². The molecule has 2 nitrogen and oxygen atoms in total. The first-order valence-electron chi connectivity index (χ1n) is 6.06. The highest BCUT2D eigenvalue weighted by molar-refractivity contribution is 6.42. The van der Waals surface area contributed by atoms with E-state index in [0.717, 1.165) is 24.7 Å². The summed E-state index contributed by atoms with van der Waals surface area (Å²) >= 11 is 11.8. The van der Waals surface area contributed by atoms with Crippen LogP contribution >= 0.6 is 23.2 Å². The molecular formula is C13H18Cl2N2.